The predicted molar refractivity (Wildman–Crippen MR) is 129 cm³/mol. The molecule has 1 saturated heterocycles. The molecule has 0 saturated carbocycles. The predicted octanol–water partition coefficient (Wildman–Crippen LogP) is 3.54. The second-order valence-corrected chi connectivity index (χ2v) is 8.85. The minimum absolute atomic E-state index is 0.0729. The summed E-state index contributed by atoms with van der Waals surface area (Å²) in [5.74, 6) is 1.55. The number of anilines is 1. The summed E-state index contributed by atoms with van der Waals surface area (Å²) < 4.78 is 2.06. The second kappa shape index (κ2) is 7.66. The number of amides is 1. The molecule has 4 aromatic rings. The van der Waals surface area contributed by atoms with Gasteiger partial charge in [-0.25, -0.2) is 24.9 Å². The zero-order valence-corrected chi connectivity index (χ0v) is 19.5. The highest BCUT2D eigenvalue weighted by Gasteiger charge is 2.53. The normalized spacial score (nSPS) is 19.8. The Bertz CT molecular complexity index is 1430. The quantitative estimate of drug-likeness (QED) is 0.503. The van der Waals surface area contributed by atoms with Gasteiger partial charge in [0, 0.05) is 35.8 Å². The van der Waals surface area contributed by atoms with E-state index in [4.69, 9.17) is 4.98 Å². The Kier molecular flexibility index (Phi) is 4.70. The van der Waals surface area contributed by atoms with Crippen LogP contribution in [0.15, 0.2) is 36.9 Å². The lowest BCUT2D eigenvalue weighted by Crippen LogP contribution is -2.46. The Hall–Kier alpha value is -3.72. The summed E-state index contributed by atoms with van der Waals surface area (Å²) in [6.07, 6.45) is 6.99. The van der Waals surface area contributed by atoms with Crippen LogP contribution in [0.5, 0.6) is 0 Å². The van der Waals surface area contributed by atoms with Gasteiger partial charge in [0.1, 0.15) is 34.7 Å². The van der Waals surface area contributed by atoms with Crippen molar-refractivity contribution in [2.45, 2.75) is 45.7 Å². The molecule has 1 spiro atoms. The monoisotopic (exact) mass is 454 g/mol. The number of imidazole rings is 1. The average molecular weight is 455 g/mol. The summed E-state index contributed by atoms with van der Waals surface area (Å²) in [6, 6.07) is 6.11. The van der Waals surface area contributed by atoms with Gasteiger partial charge in [0.05, 0.1) is 5.56 Å². The van der Waals surface area contributed by atoms with Gasteiger partial charge >= 0.3 is 0 Å². The van der Waals surface area contributed by atoms with E-state index in [0.717, 1.165) is 71.0 Å². The van der Waals surface area contributed by atoms with Gasteiger partial charge in [0.25, 0.3) is 0 Å². The van der Waals surface area contributed by atoms with E-state index in [9.17, 15) is 4.79 Å². The van der Waals surface area contributed by atoms with Gasteiger partial charge in [-0.05, 0) is 51.9 Å². The van der Waals surface area contributed by atoms with E-state index in [0.29, 0.717) is 12.4 Å². The number of benzene rings is 1. The van der Waals surface area contributed by atoms with Crippen molar-refractivity contribution in [3.63, 3.8) is 0 Å². The van der Waals surface area contributed by atoms with E-state index in [2.05, 4.69) is 54.6 Å². The minimum Gasteiger partial charge on any atom is -0.324 e. The van der Waals surface area contributed by atoms with Crippen LogP contribution in [0.2, 0.25) is 0 Å². The highest BCUT2D eigenvalue weighted by atomic mass is 16.2. The van der Waals surface area contributed by atoms with Crippen LogP contribution in [0, 0.1) is 6.92 Å². The van der Waals surface area contributed by atoms with E-state index in [1.165, 1.54) is 0 Å². The van der Waals surface area contributed by atoms with Crippen molar-refractivity contribution >= 4 is 22.8 Å². The van der Waals surface area contributed by atoms with Crippen LogP contribution in [0.3, 0.4) is 0 Å². The molecule has 9 heteroatoms. The Morgan fingerprint density at radius 1 is 1.06 bits per heavy atom. The summed E-state index contributed by atoms with van der Waals surface area (Å²) in [6.45, 7) is 8.50. The maximum Gasteiger partial charge on any atom is 0.249 e. The van der Waals surface area contributed by atoms with E-state index in [1.807, 2.05) is 19.1 Å². The third-order valence-electron chi connectivity index (χ3n) is 7.14. The summed E-state index contributed by atoms with van der Waals surface area (Å²) in [7, 11) is 0. The highest BCUT2D eigenvalue weighted by molar-refractivity contribution is 6.07. The number of likely N-dealkylation sites (tertiary alicyclic amines) is 1. The number of rotatable bonds is 4. The lowest BCUT2D eigenvalue weighted by Gasteiger charge is -2.32. The molecule has 0 unspecified atom stereocenters. The molecule has 1 N–H and O–H groups in total. The topological polar surface area (TPSA) is 102 Å². The molecule has 6 rings (SSSR count). The number of aromatic nitrogens is 6. The third-order valence-corrected chi connectivity index (χ3v) is 7.14. The fourth-order valence-electron chi connectivity index (χ4n) is 5.53. The Balaban J connectivity index is 1.53. The molecule has 1 atom stereocenters. The van der Waals surface area contributed by atoms with Gasteiger partial charge in [0.15, 0.2) is 5.65 Å². The Morgan fingerprint density at radius 3 is 2.65 bits per heavy atom. The standard InChI is InChI=1S/C25H26N8O/c1-4-32-10-6-9-25(32)18-11-16(7-8-19(18)30-24(25)34)20-21-23(29-14-28-20)33(5-2)22(31-21)17-12-26-15(3)27-13-17/h7-8,11-14H,4-6,9-10H2,1-3H3,(H,30,34)/t25-/m0/s1. The first-order valence-electron chi connectivity index (χ1n) is 11.8. The summed E-state index contributed by atoms with van der Waals surface area (Å²) >= 11 is 0. The Morgan fingerprint density at radius 2 is 1.88 bits per heavy atom. The van der Waals surface area contributed by atoms with Gasteiger partial charge in [-0.3, -0.25) is 9.69 Å². The van der Waals surface area contributed by atoms with Crippen molar-refractivity contribution < 1.29 is 4.79 Å². The van der Waals surface area contributed by atoms with Crippen molar-refractivity contribution in [1.82, 2.24) is 34.4 Å². The molecule has 0 aliphatic carbocycles. The molecule has 1 fully saturated rings. The Labute approximate surface area is 197 Å². The molecule has 34 heavy (non-hydrogen) atoms. The van der Waals surface area contributed by atoms with Gasteiger partial charge in [-0.1, -0.05) is 13.0 Å². The number of hydrogen-bond acceptors (Lipinski definition) is 7. The lowest BCUT2D eigenvalue weighted by molar-refractivity contribution is -0.126. The van der Waals surface area contributed by atoms with Crippen molar-refractivity contribution in [1.29, 1.82) is 0 Å². The molecule has 1 amide bonds. The first kappa shape index (κ1) is 20.9. The van der Waals surface area contributed by atoms with Crippen molar-refractivity contribution in [2.24, 2.45) is 0 Å². The SMILES string of the molecule is CCN1CCC[C@]12C(=O)Nc1ccc(-c3ncnc4c3nc(-c3cnc(C)nc3)n4CC)cc12. The van der Waals surface area contributed by atoms with Crippen LogP contribution in [0.25, 0.3) is 33.8 Å². The number of nitrogens with zero attached hydrogens (tertiary/aromatic N) is 7. The first-order valence-corrected chi connectivity index (χ1v) is 11.8. The number of carbonyl (C=O) groups is 1. The molecule has 3 aromatic heterocycles. The van der Waals surface area contributed by atoms with E-state index in [-0.39, 0.29) is 5.91 Å². The zero-order chi connectivity index (χ0) is 23.4. The fraction of sp³-hybridized carbons (Fsp3) is 0.360. The number of carbonyl (C=O) groups excluding carboxylic acids is 1. The van der Waals surface area contributed by atoms with Crippen LogP contribution in [-0.2, 0) is 16.9 Å². The van der Waals surface area contributed by atoms with E-state index in [1.54, 1.807) is 18.7 Å². The van der Waals surface area contributed by atoms with Gasteiger partial charge in [0.2, 0.25) is 5.91 Å². The smallest absolute Gasteiger partial charge is 0.249 e. The summed E-state index contributed by atoms with van der Waals surface area (Å²) in [5, 5.41) is 3.11. The van der Waals surface area contributed by atoms with Crippen LogP contribution in [-0.4, -0.2) is 53.4 Å². The summed E-state index contributed by atoms with van der Waals surface area (Å²) in [5.41, 5.74) is 5.33. The number of hydrogen-bond donors (Lipinski definition) is 1. The number of aryl methyl sites for hydroxylation is 2. The fourth-order valence-corrected chi connectivity index (χ4v) is 5.53. The van der Waals surface area contributed by atoms with E-state index < -0.39 is 5.54 Å². The molecule has 172 valence electrons. The summed E-state index contributed by atoms with van der Waals surface area (Å²) in [4.78, 5) is 38.3. The number of fused-ring (bicyclic) bond motifs is 3. The molecule has 9 nitrogen and oxygen atoms in total. The van der Waals surface area contributed by atoms with Gasteiger partial charge in [-0.2, -0.15) is 0 Å². The molecular formula is C25H26N8O. The maximum atomic E-state index is 13.1. The van der Waals surface area contributed by atoms with Crippen LogP contribution in [0.1, 0.15) is 38.1 Å². The lowest BCUT2D eigenvalue weighted by atomic mass is 9.87. The second-order valence-electron chi connectivity index (χ2n) is 8.85. The average Bonchev–Trinajstić information content (AvgIpc) is 3.53. The van der Waals surface area contributed by atoms with Gasteiger partial charge in [-0.15, -0.1) is 0 Å². The third kappa shape index (κ3) is 2.83. The maximum absolute atomic E-state index is 13.1. The molecule has 0 radical (unpaired) electrons. The molecular weight excluding hydrogens is 428 g/mol. The first-order chi connectivity index (χ1) is 16.6. The molecule has 2 aliphatic heterocycles. The van der Waals surface area contributed by atoms with Crippen LogP contribution in [0.4, 0.5) is 5.69 Å². The van der Waals surface area contributed by atoms with Crippen LogP contribution < -0.4 is 5.32 Å². The molecule has 0 bridgehead atoms. The number of nitrogens with one attached hydrogen (secondary N) is 1. The van der Waals surface area contributed by atoms with Crippen molar-refractivity contribution in [3.8, 4) is 22.6 Å². The van der Waals surface area contributed by atoms with Gasteiger partial charge < -0.3 is 9.88 Å². The largest absolute Gasteiger partial charge is 0.324 e. The van der Waals surface area contributed by atoms with Crippen LogP contribution >= 0.6 is 0 Å². The highest BCUT2D eigenvalue weighted by Crippen LogP contribution is 2.48. The number of likely N-dealkylation sites (N-methyl/N-ethyl adjacent to an activating group) is 1. The van der Waals surface area contributed by atoms with Crippen molar-refractivity contribution in [3.05, 3.63) is 48.3 Å². The zero-order valence-electron chi connectivity index (χ0n) is 19.5. The molecule has 1 aromatic carbocycles. The minimum atomic E-state index is -0.598. The molecule has 5 heterocycles. The van der Waals surface area contributed by atoms with E-state index >= 15 is 0 Å². The molecule has 2 aliphatic rings. The van der Waals surface area contributed by atoms with Crippen molar-refractivity contribution in [2.75, 3.05) is 18.4 Å².